The fraction of sp³-hybridized carbons (Fsp3) is 0.667. The molecule has 248 valence electrons. The number of esters is 1. The van der Waals surface area contributed by atoms with Gasteiger partial charge >= 0.3 is 5.97 Å². The van der Waals surface area contributed by atoms with Gasteiger partial charge < -0.3 is 28.6 Å². The predicted octanol–water partition coefficient (Wildman–Crippen LogP) is 7.78. The second-order valence-electron chi connectivity index (χ2n) is 13.7. The van der Waals surface area contributed by atoms with E-state index >= 15 is 0 Å². The van der Waals surface area contributed by atoms with Crippen LogP contribution in [0.25, 0.3) is 0 Å². The molecule has 5 rings (SSSR count). The van der Waals surface area contributed by atoms with Gasteiger partial charge in [-0.3, -0.25) is 4.79 Å². The van der Waals surface area contributed by atoms with Gasteiger partial charge in [-0.25, -0.2) is 4.79 Å². The largest absolute Gasteiger partial charge is 0.459 e. The van der Waals surface area contributed by atoms with E-state index in [-0.39, 0.29) is 30.6 Å². The number of unbranched alkanes of at least 4 members (excludes halogenated alkanes) is 2. The SMILES string of the molecule is CCCCC[C@H](C)c1ccc(N2C(=O)CC[C@@H]2CCCc2ccc(C(=O)OC[C@H]3OC(C)(C)O[C@@H]3[C@@H]3COC(C)(C)O3)s2)cc1. The van der Waals surface area contributed by atoms with Gasteiger partial charge in [0.05, 0.1) is 6.61 Å². The lowest BCUT2D eigenvalue weighted by Gasteiger charge is -2.25. The van der Waals surface area contributed by atoms with Crippen LogP contribution in [0.5, 0.6) is 0 Å². The molecule has 0 bridgehead atoms. The third kappa shape index (κ3) is 8.74. The van der Waals surface area contributed by atoms with Crippen molar-refractivity contribution in [2.24, 2.45) is 0 Å². The smallest absolute Gasteiger partial charge is 0.348 e. The number of benzene rings is 1. The van der Waals surface area contributed by atoms with Crippen LogP contribution in [-0.4, -0.2) is 61.0 Å². The Bertz CT molecular complexity index is 1290. The average Bonchev–Trinajstić information content (AvgIpc) is 3.77. The molecule has 45 heavy (non-hydrogen) atoms. The first-order chi connectivity index (χ1) is 21.4. The van der Waals surface area contributed by atoms with Crippen molar-refractivity contribution in [2.45, 2.75) is 141 Å². The molecule has 3 saturated heterocycles. The number of thiophene rings is 1. The Morgan fingerprint density at radius 1 is 1.02 bits per heavy atom. The third-order valence-electron chi connectivity index (χ3n) is 9.13. The molecular formula is C36H51NO7S. The fourth-order valence-corrected chi connectivity index (χ4v) is 7.69. The van der Waals surface area contributed by atoms with E-state index in [0.29, 0.717) is 23.8 Å². The zero-order valence-electron chi connectivity index (χ0n) is 27.8. The molecular weight excluding hydrogens is 590 g/mol. The van der Waals surface area contributed by atoms with Crippen molar-refractivity contribution < 1.29 is 33.3 Å². The van der Waals surface area contributed by atoms with Crippen molar-refractivity contribution in [3.8, 4) is 0 Å². The number of ether oxygens (including phenoxy) is 5. The van der Waals surface area contributed by atoms with Crippen LogP contribution in [0.2, 0.25) is 0 Å². The maximum Gasteiger partial charge on any atom is 0.348 e. The molecule has 3 aliphatic rings. The molecule has 1 amide bonds. The molecule has 3 fully saturated rings. The minimum absolute atomic E-state index is 0.0742. The molecule has 8 nitrogen and oxygen atoms in total. The average molecular weight is 642 g/mol. The molecule has 0 aliphatic carbocycles. The molecule has 0 radical (unpaired) electrons. The quantitative estimate of drug-likeness (QED) is 0.154. The Balaban J connectivity index is 1.09. The Morgan fingerprint density at radius 2 is 1.80 bits per heavy atom. The summed E-state index contributed by atoms with van der Waals surface area (Å²) < 4.78 is 29.6. The normalized spacial score (nSPS) is 26.4. The van der Waals surface area contributed by atoms with Gasteiger partial charge in [-0.1, -0.05) is 45.2 Å². The Kier molecular flexibility index (Phi) is 11.1. The summed E-state index contributed by atoms with van der Waals surface area (Å²) in [6.45, 7) is 12.4. The van der Waals surface area contributed by atoms with Crippen molar-refractivity contribution in [1.29, 1.82) is 0 Å². The van der Waals surface area contributed by atoms with Crippen LogP contribution in [0.15, 0.2) is 36.4 Å². The van der Waals surface area contributed by atoms with E-state index < -0.39 is 23.8 Å². The fourth-order valence-electron chi connectivity index (χ4n) is 6.75. The Morgan fingerprint density at radius 3 is 2.51 bits per heavy atom. The highest BCUT2D eigenvalue weighted by atomic mass is 32.1. The van der Waals surface area contributed by atoms with Crippen LogP contribution in [0, 0.1) is 0 Å². The minimum atomic E-state index is -0.802. The summed E-state index contributed by atoms with van der Waals surface area (Å²) in [4.78, 5) is 29.5. The maximum atomic E-state index is 12.9. The predicted molar refractivity (Wildman–Crippen MR) is 176 cm³/mol. The van der Waals surface area contributed by atoms with Gasteiger partial charge in [-0.2, -0.15) is 0 Å². The number of aryl methyl sites for hydroxylation is 1. The molecule has 0 spiro atoms. The number of hydrogen-bond acceptors (Lipinski definition) is 8. The molecule has 4 heterocycles. The zero-order chi connectivity index (χ0) is 32.2. The summed E-state index contributed by atoms with van der Waals surface area (Å²) in [7, 11) is 0. The minimum Gasteiger partial charge on any atom is -0.459 e. The van der Waals surface area contributed by atoms with Gasteiger partial charge in [0, 0.05) is 23.0 Å². The maximum absolute atomic E-state index is 12.9. The molecule has 2 aromatic rings. The van der Waals surface area contributed by atoms with Crippen LogP contribution < -0.4 is 4.90 Å². The monoisotopic (exact) mass is 641 g/mol. The van der Waals surface area contributed by atoms with Crippen molar-refractivity contribution >= 4 is 28.9 Å². The number of anilines is 1. The molecule has 1 aromatic heterocycles. The zero-order valence-corrected chi connectivity index (χ0v) is 28.7. The van der Waals surface area contributed by atoms with E-state index in [2.05, 4.69) is 38.1 Å². The lowest BCUT2D eigenvalue weighted by atomic mass is 9.95. The van der Waals surface area contributed by atoms with Crippen molar-refractivity contribution in [2.75, 3.05) is 18.1 Å². The van der Waals surface area contributed by atoms with Crippen LogP contribution in [-0.2, 0) is 34.9 Å². The van der Waals surface area contributed by atoms with Crippen LogP contribution in [0.3, 0.4) is 0 Å². The third-order valence-corrected chi connectivity index (χ3v) is 10.3. The van der Waals surface area contributed by atoms with Gasteiger partial charge in [0.25, 0.3) is 0 Å². The first-order valence-corrected chi connectivity index (χ1v) is 17.6. The van der Waals surface area contributed by atoms with Gasteiger partial charge in [-0.15, -0.1) is 11.3 Å². The van der Waals surface area contributed by atoms with Crippen LogP contribution >= 0.6 is 11.3 Å². The number of carbonyl (C=O) groups excluding carboxylic acids is 2. The molecule has 0 unspecified atom stereocenters. The van der Waals surface area contributed by atoms with E-state index in [4.69, 9.17) is 23.7 Å². The van der Waals surface area contributed by atoms with Crippen molar-refractivity contribution in [1.82, 2.24) is 0 Å². The summed E-state index contributed by atoms with van der Waals surface area (Å²) in [5.74, 6) is -1.10. The van der Waals surface area contributed by atoms with E-state index in [1.165, 1.54) is 42.6 Å². The molecule has 0 saturated carbocycles. The second-order valence-corrected chi connectivity index (χ2v) is 14.9. The van der Waals surface area contributed by atoms with E-state index in [0.717, 1.165) is 36.2 Å². The first kappa shape index (κ1) is 34.0. The van der Waals surface area contributed by atoms with Gasteiger partial charge in [0.1, 0.15) is 29.8 Å². The second kappa shape index (κ2) is 14.6. The Hall–Kier alpha value is -2.30. The highest BCUT2D eigenvalue weighted by molar-refractivity contribution is 7.13. The van der Waals surface area contributed by atoms with Gasteiger partial charge in [-0.05, 0) is 95.5 Å². The van der Waals surface area contributed by atoms with Crippen LogP contribution in [0.4, 0.5) is 5.69 Å². The number of carbonyl (C=O) groups is 2. The van der Waals surface area contributed by atoms with Crippen molar-refractivity contribution in [3.63, 3.8) is 0 Å². The number of amides is 1. The summed E-state index contributed by atoms with van der Waals surface area (Å²) in [6, 6.07) is 12.7. The topological polar surface area (TPSA) is 83.5 Å². The number of hydrogen-bond donors (Lipinski definition) is 0. The number of rotatable bonds is 14. The van der Waals surface area contributed by atoms with E-state index in [1.54, 1.807) is 0 Å². The summed E-state index contributed by atoms with van der Waals surface area (Å²) in [5.41, 5.74) is 2.35. The van der Waals surface area contributed by atoms with E-state index in [1.807, 2.05) is 44.7 Å². The van der Waals surface area contributed by atoms with Gasteiger partial charge in [0.2, 0.25) is 5.91 Å². The van der Waals surface area contributed by atoms with Gasteiger partial charge in [0.15, 0.2) is 11.6 Å². The molecule has 0 N–H and O–H groups in total. The molecule has 1 aromatic carbocycles. The first-order valence-electron chi connectivity index (χ1n) is 16.8. The summed E-state index contributed by atoms with van der Waals surface area (Å²) in [6.07, 6.45) is 8.04. The van der Waals surface area contributed by atoms with Crippen molar-refractivity contribution in [3.05, 3.63) is 51.7 Å². The number of nitrogens with zero attached hydrogens (tertiary/aromatic N) is 1. The molecule has 3 aliphatic heterocycles. The highest BCUT2D eigenvalue weighted by Crippen LogP contribution is 2.36. The summed E-state index contributed by atoms with van der Waals surface area (Å²) in [5, 5.41) is 0. The lowest BCUT2D eigenvalue weighted by molar-refractivity contribution is -0.175. The standard InChI is InChI=1S/C36H51NO7S/c1-7-8-9-11-24(2)25-14-16-27(17-15-25)37-26(18-21-32(37)38)12-10-13-28-19-20-31(45-28)34(39)40-22-29-33(44-36(5,6)43-29)30-23-41-35(3,4)42-30/h14-17,19-20,24,26,29-30,33H,7-13,18,21-23H2,1-6H3/t24-,26-,29+,30-,33-/m0/s1. The van der Waals surface area contributed by atoms with E-state index in [9.17, 15) is 9.59 Å². The Labute approximate surface area is 272 Å². The lowest BCUT2D eigenvalue weighted by Crippen LogP contribution is -2.40. The summed E-state index contributed by atoms with van der Waals surface area (Å²) >= 11 is 1.47. The highest BCUT2D eigenvalue weighted by Gasteiger charge is 2.50. The van der Waals surface area contributed by atoms with Crippen LogP contribution in [0.1, 0.15) is 119 Å². The molecule has 5 atom stereocenters. The molecule has 9 heteroatoms.